The van der Waals surface area contributed by atoms with Crippen molar-refractivity contribution in [2.45, 2.75) is 50.6 Å². The van der Waals surface area contributed by atoms with Crippen molar-refractivity contribution in [1.29, 1.82) is 0 Å². The molecule has 1 rings (SSSR count). The Morgan fingerprint density at radius 3 is 1.88 bits per heavy atom. The average Bonchev–Trinajstić information content (AvgIpc) is 2.43. The summed E-state index contributed by atoms with van der Waals surface area (Å²) in [5.41, 5.74) is -2.61. The van der Waals surface area contributed by atoms with Crippen molar-refractivity contribution in [2.75, 3.05) is 0 Å². The molecule has 24 heavy (non-hydrogen) atoms. The lowest BCUT2D eigenvalue weighted by Gasteiger charge is -2.14. The fourth-order valence-electron chi connectivity index (χ4n) is 2.14. The molecule has 1 aromatic carbocycles. The molecule has 0 aliphatic carbocycles. The van der Waals surface area contributed by atoms with Gasteiger partial charge in [-0.1, -0.05) is 12.8 Å². The van der Waals surface area contributed by atoms with E-state index in [1.165, 1.54) is 0 Å². The van der Waals surface area contributed by atoms with Crippen LogP contribution in [0, 0.1) is 0 Å². The molecule has 10 heteroatoms. The molecule has 3 nitrogen and oxygen atoms in total. The van der Waals surface area contributed by atoms with E-state index in [9.17, 15) is 26.3 Å². The number of hydrogen-bond donors (Lipinski definition) is 2. The van der Waals surface area contributed by atoms with E-state index in [4.69, 9.17) is 10.2 Å². The van der Waals surface area contributed by atoms with Crippen molar-refractivity contribution < 1.29 is 41.0 Å². The third-order valence-electron chi connectivity index (χ3n) is 3.27. The van der Waals surface area contributed by atoms with Crippen LogP contribution in [0.4, 0.5) is 26.3 Å². The van der Waals surface area contributed by atoms with Gasteiger partial charge in [0.1, 0.15) is 0 Å². The molecule has 0 aliphatic heterocycles. The van der Waals surface area contributed by atoms with E-state index in [1.54, 1.807) is 0 Å². The van der Waals surface area contributed by atoms with Crippen LogP contribution in [-0.2, 0) is 23.2 Å². The predicted molar refractivity (Wildman–Crippen MR) is 76.7 cm³/mol. The van der Waals surface area contributed by atoms with Gasteiger partial charge in [-0.25, -0.2) is 0 Å². The minimum atomic E-state index is -4.83. The average molecular weight is 376 g/mol. The normalized spacial score (nSPS) is 13.4. The molecule has 0 bridgehead atoms. The maximum Gasteiger partial charge on any atom is 0.416 e. The highest BCUT2D eigenvalue weighted by Gasteiger charge is 2.36. The van der Waals surface area contributed by atoms with Gasteiger partial charge in [0.15, 0.2) is 9.76 Å². The van der Waals surface area contributed by atoms with Crippen molar-refractivity contribution in [3.8, 4) is 0 Å². The molecular formula is C14H18F6O3Si. The van der Waals surface area contributed by atoms with Crippen molar-refractivity contribution >= 4 is 9.76 Å². The minimum Gasteiger partial charge on any atom is -0.379 e. The van der Waals surface area contributed by atoms with Gasteiger partial charge >= 0.3 is 12.4 Å². The summed E-state index contributed by atoms with van der Waals surface area (Å²) in [7, 11) is -1.07. The Bertz CT molecular complexity index is 484. The number of aryl methyl sites for hydroxylation is 1. The van der Waals surface area contributed by atoms with Crippen LogP contribution in [0.3, 0.4) is 0 Å². The van der Waals surface area contributed by atoms with Crippen molar-refractivity contribution in [2.24, 2.45) is 0 Å². The van der Waals surface area contributed by atoms with Crippen molar-refractivity contribution in [3.05, 3.63) is 34.9 Å². The van der Waals surface area contributed by atoms with E-state index >= 15 is 0 Å². The summed E-state index contributed by atoms with van der Waals surface area (Å²) in [6, 6.07) is 2.26. The Labute approximate surface area is 137 Å². The second-order valence-electron chi connectivity index (χ2n) is 5.28. The summed E-state index contributed by atoms with van der Waals surface area (Å²) < 4.78 is 80.9. The SMILES string of the molecule is OC(O)O[SiH2]CCCCCc1cc(C(F)(F)F)cc(C(F)(F)F)c1. The summed E-state index contributed by atoms with van der Waals surface area (Å²) in [5, 5.41) is 16.9. The zero-order valence-electron chi connectivity index (χ0n) is 12.6. The van der Waals surface area contributed by atoms with Crippen molar-refractivity contribution in [1.82, 2.24) is 0 Å². The van der Waals surface area contributed by atoms with Gasteiger partial charge in [0.2, 0.25) is 0 Å². The molecule has 0 aromatic heterocycles. The summed E-state index contributed by atoms with van der Waals surface area (Å²) in [4.78, 5) is 0. The third kappa shape index (κ3) is 7.64. The Kier molecular flexibility index (Phi) is 7.71. The standard InChI is InChI=1S/C14H18F6O3Si/c15-13(16,17)10-6-9(7-11(8-10)14(18,19)20)4-2-1-3-5-24-23-12(21)22/h6-8,12,21-22H,1-5,24H2. The predicted octanol–water partition coefficient (Wildman–Crippen LogP) is 3.22. The number of alkyl halides is 6. The van der Waals surface area contributed by atoms with E-state index in [2.05, 4.69) is 4.43 Å². The van der Waals surface area contributed by atoms with Gasteiger partial charge < -0.3 is 14.6 Å². The Balaban J connectivity index is 2.61. The number of aliphatic hydroxyl groups is 2. The molecule has 0 heterocycles. The van der Waals surface area contributed by atoms with Crippen LogP contribution in [0.5, 0.6) is 0 Å². The van der Waals surface area contributed by atoms with E-state index < -0.39 is 39.7 Å². The number of benzene rings is 1. The van der Waals surface area contributed by atoms with Gasteiger partial charge in [-0.3, -0.25) is 0 Å². The molecule has 0 saturated heterocycles. The summed E-state index contributed by atoms with van der Waals surface area (Å²) in [5.74, 6) is 0. The van der Waals surface area contributed by atoms with Gasteiger partial charge in [0, 0.05) is 0 Å². The number of rotatable bonds is 8. The van der Waals surface area contributed by atoms with Crippen LogP contribution in [0.1, 0.15) is 36.0 Å². The molecule has 0 spiro atoms. The van der Waals surface area contributed by atoms with E-state index in [0.29, 0.717) is 25.3 Å². The van der Waals surface area contributed by atoms with Gasteiger partial charge in [-0.2, -0.15) is 26.3 Å². The first kappa shape index (κ1) is 20.9. The fraction of sp³-hybridized carbons (Fsp3) is 0.571. The monoisotopic (exact) mass is 376 g/mol. The van der Waals surface area contributed by atoms with Gasteiger partial charge in [-0.15, -0.1) is 0 Å². The molecule has 0 atom stereocenters. The molecule has 0 unspecified atom stereocenters. The third-order valence-corrected chi connectivity index (χ3v) is 4.60. The molecule has 0 fully saturated rings. The maximum atomic E-state index is 12.7. The zero-order valence-corrected chi connectivity index (χ0v) is 14.0. The second kappa shape index (κ2) is 8.84. The largest absolute Gasteiger partial charge is 0.416 e. The molecule has 138 valence electrons. The summed E-state index contributed by atoms with van der Waals surface area (Å²) >= 11 is 0. The topological polar surface area (TPSA) is 49.7 Å². The van der Waals surface area contributed by atoms with Crippen LogP contribution < -0.4 is 0 Å². The van der Waals surface area contributed by atoms with Crippen LogP contribution >= 0.6 is 0 Å². The van der Waals surface area contributed by atoms with Crippen LogP contribution in [0.25, 0.3) is 0 Å². The molecular weight excluding hydrogens is 358 g/mol. The molecule has 2 N–H and O–H groups in total. The maximum absolute atomic E-state index is 12.7. The molecule has 0 radical (unpaired) electrons. The Hall–Kier alpha value is -1.10. The van der Waals surface area contributed by atoms with Gasteiger partial charge in [0.05, 0.1) is 11.1 Å². The first-order chi connectivity index (χ1) is 11.0. The number of aliphatic hydroxyl groups excluding tert-OH is 1. The zero-order chi connectivity index (χ0) is 18.4. The molecule has 1 aromatic rings. The lowest BCUT2D eigenvalue weighted by molar-refractivity contribution is -0.180. The number of hydrogen-bond acceptors (Lipinski definition) is 3. The quantitative estimate of drug-likeness (QED) is 0.317. The van der Waals surface area contributed by atoms with E-state index in [0.717, 1.165) is 12.1 Å². The smallest absolute Gasteiger partial charge is 0.379 e. The Morgan fingerprint density at radius 1 is 0.875 bits per heavy atom. The molecule has 0 saturated carbocycles. The fourth-order valence-corrected chi connectivity index (χ4v) is 3.07. The van der Waals surface area contributed by atoms with Crippen LogP contribution in [-0.4, -0.2) is 26.5 Å². The summed E-state index contributed by atoms with van der Waals surface area (Å²) in [6.45, 7) is -1.79. The van der Waals surface area contributed by atoms with Gasteiger partial charge in [-0.05, 0) is 42.6 Å². The number of unbranched alkanes of at least 4 members (excludes halogenated alkanes) is 2. The molecule has 0 amide bonds. The van der Waals surface area contributed by atoms with E-state index in [1.807, 2.05) is 0 Å². The highest BCUT2D eigenvalue weighted by atomic mass is 28.2. The summed E-state index contributed by atoms with van der Waals surface area (Å²) in [6.07, 6.45) is -7.83. The van der Waals surface area contributed by atoms with Gasteiger partial charge in [0.25, 0.3) is 6.48 Å². The number of halogens is 6. The lowest BCUT2D eigenvalue weighted by Crippen LogP contribution is -2.13. The first-order valence-electron chi connectivity index (χ1n) is 7.26. The van der Waals surface area contributed by atoms with Crippen LogP contribution in [0.15, 0.2) is 18.2 Å². The van der Waals surface area contributed by atoms with Crippen LogP contribution in [0.2, 0.25) is 6.04 Å². The Morgan fingerprint density at radius 2 is 1.42 bits per heavy atom. The second-order valence-corrected chi connectivity index (χ2v) is 6.72. The first-order valence-corrected chi connectivity index (χ1v) is 8.84. The lowest BCUT2D eigenvalue weighted by atomic mass is 10.0. The highest BCUT2D eigenvalue weighted by Crippen LogP contribution is 2.36. The van der Waals surface area contributed by atoms with E-state index in [-0.39, 0.29) is 18.1 Å². The molecule has 0 aliphatic rings. The minimum absolute atomic E-state index is 0.00331. The van der Waals surface area contributed by atoms with Crippen molar-refractivity contribution in [3.63, 3.8) is 0 Å². The highest BCUT2D eigenvalue weighted by molar-refractivity contribution is 6.26.